The number of carbonyl (C=O) groups excluding carboxylic acids is 2. The number of anilines is 1. The first kappa shape index (κ1) is 18.5. The second-order valence-electron chi connectivity index (χ2n) is 5.60. The molecule has 1 aliphatic rings. The van der Waals surface area contributed by atoms with Crippen LogP contribution < -0.4 is 20.1 Å². The van der Waals surface area contributed by atoms with Gasteiger partial charge in [-0.3, -0.25) is 9.59 Å². The monoisotopic (exact) mass is 438 g/mol. The van der Waals surface area contributed by atoms with Gasteiger partial charge in [0, 0.05) is 15.2 Å². The number of hydrogen-bond acceptors (Lipinski definition) is 4. The molecule has 0 aromatic heterocycles. The standard InChI is InChI=1S/C18H16BrClN2O4/c19-14-9-16-15(25-5-6-26-16)7-11(14)8-17(23)21-10-18(24)22-13-3-1-12(20)2-4-13/h1-4,7,9H,5-6,8,10H2,(H,21,23)(H,22,24). The van der Waals surface area contributed by atoms with Crippen LogP contribution in [0.2, 0.25) is 5.02 Å². The van der Waals surface area contributed by atoms with Crippen LogP contribution in [0.1, 0.15) is 5.56 Å². The SMILES string of the molecule is O=C(Cc1cc2c(cc1Br)OCCO2)NCC(=O)Nc1ccc(Cl)cc1. The summed E-state index contributed by atoms with van der Waals surface area (Å²) in [4.78, 5) is 24.0. The summed E-state index contributed by atoms with van der Waals surface area (Å²) in [6, 6.07) is 10.3. The predicted molar refractivity (Wildman–Crippen MR) is 102 cm³/mol. The zero-order valence-electron chi connectivity index (χ0n) is 13.7. The van der Waals surface area contributed by atoms with E-state index in [9.17, 15) is 9.59 Å². The van der Waals surface area contributed by atoms with Crippen LogP contribution >= 0.6 is 27.5 Å². The van der Waals surface area contributed by atoms with Crippen LogP contribution in [0.5, 0.6) is 11.5 Å². The van der Waals surface area contributed by atoms with E-state index in [1.807, 2.05) is 0 Å². The lowest BCUT2D eigenvalue weighted by atomic mass is 10.1. The molecule has 3 rings (SSSR count). The summed E-state index contributed by atoms with van der Waals surface area (Å²) in [6.07, 6.45) is 0.117. The van der Waals surface area contributed by atoms with Gasteiger partial charge in [-0.05, 0) is 42.0 Å². The third-order valence-corrected chi connectivity index (χ3v) is 4.63. The van der Waals surface area contributed by atoms with E-state index in [0.717, 1.165) is 10.0 Å². The van der Waals surface area contributed by atoms with E-state index >= 15 is 0 Å². The zero-order chi connectivity index (χ0) is 18.5. The van der Waals surface area contributed by atoms with Crippen LogP contribution in [-0.4, -0.2) is 31.6 Å². The molecular weight excluding hydrogens is 424 g/mol. The first-order valence-corrected chi connectivity index (χ1v) is 9.08. The number of fused-ring (bicyclic) bond motifs is 1. The van der Waals surface area contributed by atoms with E-state index in [-0.39, 0.29) is 24.8 Å². The van der Waals surface area contributed by atoms with Crippen LogP contribution in [0, 0.1) is 0 Å². The molecule has 6 nitrogen and oxygen atoms in total. The minimum Gasteiger partial charge on any atom is -0.486 e. The summed E-state index contributed by atoms with van der Waals surface area (Å²) >= 11 is 9.22. The number of amides is 2. The molecule has 8 heteroatoms. The Kier molecular flexibility index (Phi) is 6.00. The van der Waals surface area contributed by atoms with Gasteiger partial charge in [-0.15, -0.1) is 0 Å². The molecule has 0 bridgehead atoms. The van der Waals surface area contributed by atoms with Gasteiger partial charge >= 0.3 is 0 Å². The molecule has 136 valence electrons. The van der Waals surface area contributed by atoms with E-state index in [2.05, 4.69) is 26.6 Å². The van der Waals surface area contributed by atoms with Crippen molar-refractivity contribution in [2.75, 3.05) is 25.1 Å². The number of hydrogen-bond donors (Lipinski definition) is 2. The van der Waals surface area contributed by atoms with Crippen molar-refractivity contribution < 1.29 is 19.1 Å². The second-order valence-corrected chi connectivity index (χ2v) is 6.89. The number of ether oxygens (including phenoxy) is 2. The van der Waals surface area contributed by atoms with Crippen molar-refractivity contribution in [2.45, 2.75) is 6.42 Å². The molecule has 0 radical (unpaired) electrons. The highest BCUT2D eigenvalue weighted by Crippen LogP contribution is 2.35. The Hall–Kier alpha value is -2.25. The summed E-state index contributed by atoms with van der Waals surface area (Å²) in [5, 5.41) is 5.87. The molecular formula is C18H16BrClN2O4. The summed E-state index contributed by atoms with van der Waals surface area (Å²) in [5.74, 6) is 0.674. The van der Waals surface area contributed by atoms with Crippen molar-refractivity contribution in [3.8, 4) is 11.5 Å². The fourth-order valence-electron chi connectivity index (χ4n) is 2.39. The second kappa shape index (κ2) is 8.42. The van der Waals surface area contributed by atoms with Gasteiger partial charge in [0.2, 0.25) is 11.8 Å². The minimum atomic E-state index is -0.318. The lowest BCUT2D eigenvalue weighted by molar-refractivity contribution is -0.123. The van der Waals surface area contributed by atoms with Crippen LogP contribution in [0.25, 0.3) is 0 Å². The van der Waals surface area contributed by atoms with E-state index in [0.29, 0.717) is 35.4 Å². The van der Waals surface area contributed by atoms with Crippen LogP contribution in [0.4, 0.5) is 5.69 Å². The highest BCUT2D eigenvalue weighted by atomic mass is 79.9. The van der Waals surface area contributed by atoms with Gasteiger partial charge in [0.05, 0.1) is 13.0 Å². The maximum Gasteiger partial charge on any atom is 0.243 e. The third-order valence-electron chi connectivity index (χ3n) is 3.64. The highest BCUT2D eigenvalue weighted by molar-refractivity contribution is 9.10. The molecule has 0 aliphatic carbocycles. The highest BCUT2D eigenvalue weighted by Gasteiger charge is 2.16. The minimum absolute atomic E-state index is 0.117. The molecule has 2 N–H and O–H groups in total. The van der Waals surface area contributed by atoms with E-state index < -0.39 is 0 Å². The van der Waals surface area contributed by atoms with Gasteiger partial charge in [-0.25, -0.2) is 0 Å². The molecule has 2 amide bonds. The average Bonchev–Trinajstić information content (AvgIpc) is 2.62. The Morgan fingerprint density at radius 1 is 1.04 bits per heavy atom. The number of nitrogens with one attached hydrogen (secondary N) is 2. The molecule has 0 fully saturated rings. The Morgan fingerprint density at radius 3 is 2.38 bits per heavy atom. The summed E-state index contributed by atoms with van der Waals surface area (Å²) in [5.41, 5.74) is 1.37. The van der Waals surface area contributed by atoms with Crippen LogP contribution in [-0.2, 0) is 16.0 Å². The fraction of sp³-hybridized carbons (Fsp3) is 0.222. The van der Waals surface area contributed by atoms with Crippen molar-refractivity contribution in [2.24, 2.45) is 0 Å². The van der Waals surface area contributed by atoms with Gasteiger partial charge < -0.3 is 20.1 Å². The Balaban J connectivity index is 1.52. The van der Waals surface area contributed by atoms with Gasteiger partial charge in [0.15, 0.2) is 11.5 Å². The van der Waals surface area contributed by atoms with Gasteiger partial charge in [0.1, 0.15) is 13.2 Å². The largest absolute Gasteiger partial charge is 0.486 e. The zero-order valence-corrected chi connectivity index (χ0v) is 16.0. The van der Waals surface area contributed by atoms with Crippen molar-refractivity contribution in [3.63, 3.8) is 0 Å². The number of carbonyl (C=O) groups is 2. The lowest BCUT2D eigenvalue weighted by Crippen LogP contribution is -2.33. The van der Waals surface area contributed by atoms with Gasteiger partial charge in [0.25, 0.3) is 0 Å². The van der Waals surface area contributed by atoms with Crippen molar-refractivity contribution in [1.29, 1.82) is 0 Å². The lowest BCUT2D eigenvalue weighted by Gasteiger charge is -2.19. The molecule has 0 atom stereocenters. The average molecular weight is 440 g/mol. The maximum absolute atomic E-state index is 12.1. The smallest absolute Gasteiger partial charge is 0.243 e. The Bertz CT molecular complexity index is 827. The van der Waals surface area contributed by atoms with Gasteiger partial charge in [-0.2, -0.15) is 0 Å². The molecule has 1 heterocycles. The van der Waals surface area contributed by atoms with Crippen LogP contribution in [0.15, 0.2) is 40.9 Å². The number of rotatable bonds is 5. The topological polar surface area (TPSA) is 76.7 Å². The third kappa shape index (κ3) is 4.89. The molecule has 0 saturated heterocycles. The molecule has 2 aromatic carbocycles. The molecule has 0 saturated carbocycles. The fourth-order valence-corrected chi connectivity index (χ4v) is 2.98. The first-order chi connectivity index (χ1) is 12.5. The maximum atomic E-state index is 12.1. The van der Waals surface area contributed by atoms with Crippen molar-refractivity contribution in [1.82, 2.24) is 5.32 Å². The van der Waals surface area contributed by atoms with E-state index in [1.165, 1.54) is 0 Å². The van der Waals surface area contributed by atoms with Crippen molar-refractivity contribution in [3.05, 3.63) is 51.5 Å². The number of benzene rings is 2. The van der Waals surface area contributed by atoms with Crippen LogP contribution in [0.3, 0.4) is 0 Å². The van der Waals surface area contributed by atoms with E-state index in [1.54, 1.807) is 36.4 Å². The Labute approximate surface area is 163 Å². The molecule has 1 aliphatic heterocycles. The summed E-state index contributed by atoms with van der Waals surface area (Å²) in [6.45, 7) is 0.858. The normalized spacial score (nSPS) is 12.4. The molecule has 2 aromatic rings. The first-order valence-electron chi connectivity index (χ1n) is 7.91. The molecule has 0 spiro atoms. The van der Waals surface area contributed by atoms with Gasteiger partial charge in [-0.1, -0.05) is 27.5 Å². The summed E-state index contributed by atoms with van der Waals surface area (Å²) in [7, 11) is 0. The van der Waals surface area contributed by atoms with Crippen molar-refractivity contribution >= 4 is 45.0 Å². The van der Waals surface area contributed by atoms with E-state index in [4.69, 9.17) is 21.1 Å². The predicted octanol–water partition coefficient (Wildman–Crippen LogP) is 3.17. The Morgan fingerprint density at radius 2 is 1.69 bits per heavy atom. The molecule has 26 heavy (non-hydrogen) atoms. The molecule has 0 unspecified atom stereocenters. The number of halogens is 2. The quantitative estimate of drug-likeness (QED) is 0.750. The summed E-state index contributed by atoms with van der Waals surface area (Å²) < 4.78 is 11.8.